The molecule has 0 saturated carbocycles. The summed E-state index contributed by atoms with van der Waals surface area (Å²) in [5, 5.41) is 15.0. The monoisotopic (exact) mass is 233 g/mol. The molecule has 0 bridgehead atoms. The van der Waals surface area contributed by atoms with Crippen LogP contribution in [-0.4, -0.2) is 26.3 Å². The Morgan fingerprint density at radius 1 is 1.41 bits per heavy atom. The molecular weight excluding hydrogens is 222 g/mol. The summed E-state index contributed by atoms with van der Waals surface area (Å²) in [5.74, 6) is 0.144. The van der Waals surface area contributed by atoms with Gasteiger partial charge < -0.3 is 5.32 Å². The van der Waals surface area contributed by atoms with Crippen molar-refractivity contribution < 1.29 is 4.79 Å². The van der Waals surface area contributed by atoms with Crippen molar-refractivity contribution in [3.8, 4) is 0 Å². The second kappa shape index (κ2) is 4.60. The van der Waals surface area contributed by atoms with Crippen molar-refractivity contribution in [2.45, 2.75) is 13.3 Å². The lowest BCUT2D eigenvalue weighted by atomic mass is 10.2. The Labute approximate surface area is 96.3 Å². The van der Waals surface area contributed by atoms with Gasteiger partial charge in [0, 0.05) is 11.6 Å². The van der Waals surface area contributed by atoms with Crippen LogP contribution in [0.3, 0.4) is 0 Å². The maximum atomic E-state index is 11.7. The number of nitrogens with zero attached hydrogens (tertiary/aromatic N) is 2. The Kier molecular flexibility index (Phi) is 2.99. The second-order valence-corrected chi connectivity index (χ2v) is 3.38. The Hall–Kier alpha value is -2.44. The Morgan fingerprint density at radius 2 is 2.24 bits per heavy atom. The lowest BCUT2D eigenvalue weighted by molar-refractivity contribution is 0.102. The van der Waals surface area contributed by atoms with Crippen molar-refractivity contribution in [2.24, 2.45) is 0 Å². The van der Waals surface area contributed by atoms with E-state index in [-0.39, 0.29) is 11.3 Å². The molecule has 0 saturated heterocycles. The van der Waals surface area contributed by atoms with Crippen LogP contribution in [0, 0.1) is 0 Å². The van der Waals surface area contributed by atoms with E-state index in [1.165, 1.54) is 12.1 Å². The van der Waals surface area contributed by atoms with E-state index in [9.17, 15) is 9.59 Å². The van der Waals surface area contributed by atoms with E-state index in [4.69, 9.17) is 0 Å². The van der Waals surface area contributed by atoms with Crippen molar-refractivity contribution in [3.05, 3.63) is 39.9 Å². The number of hydrogen-bond acceptors (Lipinski definition) is 4. The van der Waals surface area contributed by atoms with Crippen LogP contribution < -0.4 is 10.9 Å². The number of aromatic amines is 2. The molecular formula is C10H11N5O2. The minimum atomic E-state index is -0.403. The van der Waals surface area contributed by atoms with Gasteiger partial charge >= 0.3 is 0 Å². The van der Waals surface area contributed by atoms with E-state index >= 15 is 0 Å². The van der Waals surface area contributed by atoms with E-state index < -0.39 is 5.91 Å². The molecule has 0 aromatic carbocycles. The van der Waals surface area contributed by atoms with Gasteiger partial charge in [0.2, 0.25) is 0 Å². The van der Waals surface area contributed by atoms with Gasteiger partial charge in [-0.15, -0.1) is 0 Å². The molecule has 3 N–H and O–H groups in total. The highest BCUT2D eigenvalue weighted by Gasteiger charge is 2.11. The topological polar surface area (TPSA) is 104 Å². The fourth-order valence-corrected chi connectivity index (χ4v) is 1.34. The minimum Gasteiger partial charge on any atom is -0.305 e. The lowest BCUT2D eigenvalue weighted by Gasteiger charge is -2.03. The predicted octanol–water partition coefficient (Wildman–Crippen LogP) is 0.308. The quantitative estimate of drug-likeness (QED) is 0.709. The second-order valence-electron chi connectivity index (χ2n) is 3.38. The smallest absolute Gasteiger partial charge is 0.277 e. The number of rotatable bonds is 3. The largest absolute Gasteiger partial charge is 0.305 e. The molecule has 0 atom stereocenters. The van der Waals surface area contributed by atoms with Crippen LogP contribution >= 0.6 is 0 Å². The third kappa shape index (κ3) is 2.39. The number of aromatic nitrogens is 4. The van der Waals surface area contributed by atoms with Gasteiger partial charge in [0.1, 0.15) is 11.5 Å². The van der Waals surface area contributed by atoms with Gasteiger partial charge in [0.15, 0.2) is 0 Å². The van der Waals surface area contributed by atoms with Crippen LogP contribution in [0.15, 0.2) is 23.1 Å². The van der Waals surface area contributed by atoms with Crippen LogP contribution in [0.1, 0.15) is 23.0 Å². The van der Waals surface area contributed by atoms with Gasteiger partial charge in [0.25, 0.3) is 11.5 Å². The number of carbonyl (C=O) groups is 1. The molecule has 0 radical (unpaired) electrons. The SMILES string of the molecule is CCc1cn[nH]c1NC(=O)c1ccc(=O)[nH]n1. The van der Waals surface area contributed by atoms with E-state index in [1.807, 2.05) is 6.92 Å². The Balaban J connectivity index is 2.17. The summed E-state index contributed by atoms with van der Waals surface area (Å²) in [7, 11) is 0. The summed E-state index contributed by atoms with van der Waals surface area (Å²) in [6, 6.07) is 2.60. The maximum absolute atomic E-state index is 11.7. The van der Waals surface area contributed by atoms with Crippen molar-refractivity contribution in [1.82, 2.24) is 20.4 Å². The highest BCUT2D eigenvalue weighted by Crippen LogP contribution is 2.11. The van der Waals surface area contributed by atoms with Crippen molar-refractivity contribution >= 4 is 11.7 Å². The third-order valence-corrected chi connectivity index (χ3v) is 2.25. The summed E-state index contributed by atoms with van der Waals surface area (Å²) < 4.78 is 0. The molecule has 0 fully saturated rings. The zero-order chi connectivity index (χ0) is 12.3. The Morgan fingerprint density at radius 3 is 2.88 bits per heavy atom. The fraction of sp³-hybridized carbons (Fsp3) is 0.200. The first-order valence-corrected chi connectivity index (χ1v) is 5.10. The lowest BCUT2D eigenvalue weighted by Crippen LogP contribution is -2.18. The standard InChI is InChI=1S/C10H11N5O2/c1-2-6-5-11-15-9(6)12-10(17)7-3-4-8(16)14-13-7/h3-5H,2H2,1H3,(H,14,16)(H2,11,12,15,17). The molecule has 2 rings (SSSR count). The van der Waals surface area contributed by atoms with Crippen LogP contribution in [-0.2, 0) is 6.42 Å². The van der Waals surface area contributed by atoms with E-state index in [0.29, 0.717) is 5.82 Å². The molecule has 0 spiro atoms. The summed E-state index contributed by atoms with van der Waals surface area (Å²) in [5.41, 5.74) is 0.696. The van der Waals surface area contributed by atoms with Gasteiger partial charge in [-0.25, -0.2) is 5.10 Å². The average Bonchev–Trinajstić information content (AvgIpc) is 2.77. The van der Waals surface area contributed by atoms with E-state index in [2.05, 4.69) is 25.7 Å². The Bertz CT molecular complexity index is 566. The number of anilines is 1. The molecule has 17 heavy (non-hydrogen) atoms. The van der Waals surface area contributed by atoms with Crippen molar-refractivity contribution in [3.63, 3.8) is 0 Å². The zero-order valence-electron chi connectivity index (χ0n) is 9.15. The molecule has 2 aromatic heterocycles. The van der Waals surface area contributed by atoms with E-state index in [0.717, 1.165) is 12.0 Å². The van der Waals surface area contributed by atoms with Crippen LogP contribution in [0.4, 0.5) is 5.82 Å². The molecule has 1 amide bonds. The molecule has 0 aliphatic rings. The number of H-pyrrole nitrogens is 2. The zero-order valence-corrected chi connectivity index (χ0v) is 9.15. The summed E-state index contributed by atoms with van der Waals surface area (Å²) >= 11 is 0. The third-order valence-electron chi connectivity index (χ3n) is 2.25. The number of amides is 1. The molecule has 7 heteroatoms. The number of aryl methyl sites for hydroxylation is 1. The van der Waals surface area contributed by atoms with Crippen molar-refractivity contribution in [2.75, 3.05) is 5.32 Å². The number of carbonyl (C=O) groups excluding carboxylic acids is 1. The van der Waals surface area contributed by atoms with Gasteiger partial charge in [-0.1, -0.05) is 6.92 Å². The first kappa shape index (κ1) is 11.1. The first-order chi connectivity index (χ1) is 8.20. The molecule has 2 heterocycles. The molecule has 0 aliphatic heterocycles. The fourth-order valence-electron chi connectivity index (χ4n) is 1.34. The highest BCUT2D eigenvalue weighted by molar-refractivity contribution is 6.02. The van der Waals surface area contributed by atoms with Gasteiger partial charge in [-0.05, 0) is 12.5 Å². The molecule has 7 nitrogen and oxygen atoms in total. The van der Waals surface area contributed by atoms with Gasteiger partial charge in [-0.3, -0.25) is 14.7 Å². The van der Waals surface area contributed by atoms with Crippen LogP contribution in [0.2, 0.25) is 0 Å². The normalized spacial score (nSPS) is 10.2. The predicted molar refractivity (Wildman–Crippen MR) is 60.8 cm³/mol. The van der Waals surface area contributed by atoms with Crippen LogP contribution in [0.5, 0.6) is 0 Å². The van der Waals surface area contributed by atoms with E-state index in [1.54, 1.807) is 6.20 Å². The highest BCUT2D eigenvalue weighted by atomic mass is 16.2. The first-order valence-electron chi connectivity index (χ1n) is 5.10. The van der Waals surface area contributed by atoms with Gasteiger partial charge in [0.05, 0.1) is 6.20 Å². The van der Waals surface area contributed by atoms with Crippen molar-refractivity contribution in [1.29, 1.82) is 0 Å². The molecule has 0 unspecified atom stereocenters. The average molecular weight is 233 g/mol. The minimum absolute atomic E-state index is 0.140. The summed E-state index contributed by atoms with van der Waals surface area (Å²) in [6.07, 6.45) is 2.40. The van der Waals surface area contributed by atoms with Gasteiger partial charge in [-0.2, -0.15) is 10.2 Å². The maximum Gasteiger partial charge on any atom is 0.277 e. The molecule has 0 aliphatic carbocycles. The number of hydrogen-bond donors (Lipinski definition) is 3. The number of nitrogens with one attached hydrogen (secondary N) is 3. The summed E-state index contributed by atoms with van der Waals surface area (Å²) in [6.45, 7) is 1.96. The van der Waals surface area contributed by atoms with Crippen LogP contribution in [0.25, 0.3) is 0 Å². The molecule has 2 aromatic rings. The summed E-state index contributed by atoms with van der Waals surface area (Å²) in [4.78, 5) is 22.5. The molecule has 88 valence electrons.